The zero-order valence-electron chi connectivity index (χ0n) is 8.61. The van der Waals surface area contributed by atoms with Gasteiger partial charge in [-0.2, -0.15) is 5.26 Å². The second kappa shape index (κ2) is 5.92. The fraction of sp³-hybridized carbons (Fsp3) is 0.273. The largest absolute Gasteiger partial charge is 0.481 e. The number of nitrogens with zero attached hydrogens (tertiary/aromatic N) is 1. The number of carbonyl (C=O) groups is 1. The summed E-state index contributed by atoms with van der Waals surface area (Å²) in [7, 11) is 0. The van der Waals surface area contributed by atoms with Crippen LogP contribution in [0.25, 0.3) is 0 Å². The maximum Gasteiger partial charge on any atom is 0.307 e. The Hall–Kier alpha value is -0.990. The number of nitriles is 1. The number of rotatable bonds is 4. The first-order valence-corrected chi connectivity index (χ1v) is 6.38. The number of halogens is 1. The Bertz CT molecular complexity index is 442. The summed E-state index contributed by atoms with van der Waals surface area (Å²) in [4.78, 5) is 11.5. The van der Waals surface area contributed by atoms with Gasteiger partial charge in [0.05, 0.1) is 11.5 Å². The number of benzene rings is 1. The van der Waals surface area contributed by atoms with Gasteiger partial charge in [0.25, 0.3) is 0 Å². The van der Waals surface area contributed by atoms with Gasteiger partial charge in [-0.15, -0.1) is 11.8 Å². The molecular weight excluding hydrogens is 290 g/mol. The van der Waals surface area contributed by atoms with Crippen molar-refractivity contribution in [1.29, 1.82) is 5.26 Å². The van der Waals surface area contributed by atoms with Crippen LogP contribution in [-0.2, 0) is 4.79 Å². The number of hydrogen-bond donors (Lipinski definition) is 1. The van der Waals surface area contributed by atoms with E-state index in [0.717, 1.165) is 9.37 Å². The molecule has 0 radical (unpaired) electrons. The third-order valence-electron chi connectivity index (χ3n) is 2.00. The van der Waals surface area contributed by atoms with Gasteiger partial charge >= 0.3 is 5.97 Å². The molecule has 0 saturated heterocycles. The summed E-state index contributed by atoms with van der Waals surface area (Å²) in [6, 6.07) is 7.55. The van der Waals surface area contributed by atoms with E-state index in [9.17, 15) is 4.79 Å². The average Bonchev–Trinajstić information content (AvgIpc) is 2.25. The Labute approximate surface area is 107 Å². The van der Waals surface area contributed by atoms with Gasteiger partial charge in [0.15, 0.2) is 0 Å². The van der Waals surface area contributed by atoms with Crippen molar-refractivity contribution in [3.63, 3.8) is 0 Å². The minimum Gasteiger partial charge on any atom is -0.481 e. The molecule has 1 atom stereocenters. The highest BCUT2D eigenvalue weighted by molar-refractivity contribution is 9.10. The molecule has 0 saturated carbocycles. The molecule has 16 heavy (non-hydrogen) atoms. The molecule has 0 aliphatic heterocycles. The van der Waals surface area contributed by atoms with Crippen LogP contribution in [0, 0.1) is 17.2 Å². The lowest BCUT2D eigenvalue weighted by Gasteiger charge is -2.07. The molecule has 1 N–H and O–H groups in total. The summed E-state index contributed by atoms with van der Waals surface area (Å²) in [6.07, 6.45) is 0. The molecule has 0 aromatic heterocycles. The molecule has 5 heteroatoms. The van der Waals surface area contributed by atoms with E-state index in [0.29, 0.717) is 11.3 Å². The van der Waals surface area contributed by atoms with Crippen LogP contribution in [-0.4, -0.2) is 16.8 Å². The van der Waals surface area contributed by atoms with Crippen molar-refractivity contribution in [2.24, 2.45) is 5.92 Å². The normalized spacial score (nSPS) is 11.8. The zero-order chi connectivity index (χ0) is 12.1. The standard InChI is InChI=1S/C11H10BrNO2S/c1-7(11(14)15)6-16-10-4-2-3-9(12)8(10)5-13/h2-4,7H,6H2,1H3,(H,14,15). The van der Waals surface area contributed by atoms with E-state index in [1.54, 1.807) is 13.0 Å². The van der Waals surface area contributed by atoms with E-state index < -0.39 is 11.9 Å². The van der Waals surface area contributed by atoms with Crippen LogP contribution in [0.2, 0.25) is 0 Å². The Balaban J connectivity index is 2.79. The molecule has 0 bridgehead atoms. The lowest BCUT2D eigenvalue weighted by molar-refractivity contribution is -0.140. The Morgan fingerprint density at radius 2 is 2.38 bits per heavy atom. The van der Waals surface area contributed by atoms with Crippen molar-refractivity contribution < 1.29 is 9.90 Å². The van der Waals surface area contributed by atoms with Crippen LogP contribution in [0.5, 0.6) is 0 Å². The molecule has 84 valence electrons. The summed E-state index contributed by atoms with van der Waals surface area (Å²) < 4.78 is 0.739. The van der Waals surface area contributed by atoms with Gasteiger partial charge in [-0.05, 0) is 28.1 Å². The molecule has 0 spiro atoms. The number of carboxylic acids is 1. The molecule has 1 aromatic carbocycles. The SMILES string of the molecule is CC(CSc1cccc(Br)c1C#N)C(=O)O. The third kappa shape index (κ3) is 3.26. The average molecular weight is 300 g/mol. The maximum atomic E-state index is 10.7. The molecular formula is C11H10BrNO2S. The van der Waals surface area contributed by atoms with E-state index >= 15 is 0 Å². The van der Waals surface area contributed by atoms with E-state index in [4.69, 9.17) is 10.4 Å². The van der Waals surface area contributed by atoms with Gasteiger partial charge < -0.3 is 5.11 Å². The first-order valence-electron chi connectivity index (χ1n) is 4.60. The number of thioether (sulfide) groups is 1. The van der Waals surface area contributed by atoms with E-state index in [2.05, 4.69) is 22.0 Å². The molecule has 1 aromatic rings. The van der Waals surface area contributed by atoms with Crippen LogP contribution in [0.1, 0.15) is 12.5 Å². The predicted octanol–water partition coefficient (Wildman–Crippen LogP) is 3.13. The molecule has 1 rings (SSSR count). The van der Waals surface area contributed by atoms with Crippen molar-refractivity contribution in [2.75, 3.05) is 5.75 Å². The monoisotopic (exact) mass is 299 g/mol. The molecule has 0 fully saturated rings. The lowest BCUT2D eigenvalue weighted by atomic mass is 10.2. The van der Waals surface area contributed by atoms with Gasteiger partial charge in [0, 0.05) is 15.1 Å². The Kier molecular flexibility index (Phi) is 4.84. The minimum atomic E-state index is -0.819. The van der Waals surface area contributed by atoms with Crippen molar-refractivity contribution in [3.8, 4) is 6.07 Å². The summed E-state index contributed by atoms with van der Waals surface area (Å²) in [5, 5.41) is 17.7. The molecule has 3 nitrogen and oxygen atoms in total. The molecule has 0 aliphatic rings. The highest BCUT2D eigenvalue weighted by Crippen LogP contribution is 2.29. The Morgan fingerprint density at radius 1 is 1.69 bits per heavy atom. The topological polar surface area (TPSA) is 61.1 Å². The molecule has 0 amide bonds. The maximum absolute atomic E-state index is 10.7. The van der Waals surface area contributed by atoms with Crippen LogP contribution in [0.3, 0.4) is 0 Å². The van der Waals surface area contributed by atoms with Gasteiger partial charge in [0.2, 0.25) is 0 Å². The van der Waals surface area contributed by atoms with Crippen LogP contribution in [0.4, 0.5) is 0 Å². The predicted molar refractivity (Wildman–Crippen MR) is 66.4 cm³/mol. The van der Waals surface area contributed by atoms with Crippen LogP contribution < -0.4 is 0 Å². The van der Waals surface area contributed by atoms with Crippen LogP contribution in [0.15, 0.2) is 27.6 Å². The van der Waals surface area contributed by atoms with E-state index in [-0.39, 0.29) is 0 Å². The van der Waals surface area contributed by atoms with Crippen molar-refractivity contribution >= 4 is 33.7 Å². The molecule has 1 unspecified atom stereocenters. The quantitative estimate of drug-likeness (QED) is 0.868. The van der Waals surface area contributed by atoms with E-state index in [1.165, 1.54) is 11.8 Å². The molecule has 0 aliphatic carbocycles. The number of carboxylic acid groups (broad SMARTS) is 1. The fourth-order valence-electron chi connectivity index (χ4n) is 1.02. The van der Waals surface area contributed by atoms with Gasteiger partial charge in [-0.1, -0.05) is 13.0 Å². The van der Waals surface area contributed by atoms with E-state index in [1.807, 2.05) is 12.1 Å². The summed E-state index contributed by atoms with van der Waals surface area (Å²) in [5.74, 6) is -0.781. The van der Waals surface area contributed by atoms with Gasteiger partial charge in [-0.3, -0.25) is 4.79 Å². The zero-order valence-corrected chi connectivity index (χ0v) is 11.0. The highest BCUT2D eigenvalue weighted by atomic mass is 79.9. The fourth-order valence-corrected chi connectivity index (χ4v) is 2.65. The smallest absolute Gasteiger partial charge is 0.307 e. The second-order valence-electron chi connectivity index (χ2n) is 3.28. The lowest BCUT2D eigenvalue weighted by Crippen LogP contribution is -2.11. The van der Waals surface area contributed by atoms with Crippen molar-refractivity contribution in [1.82, 2.24) is 0 Å². The number of aliphatic carboxylic acids is 1. The second-order valence-corrected chi connectivity index (χ2v) is 5.19. The summed E-state index contributed by atoms with van der Waals surface area (Å²) >= 11 is 4.68. The number of hydrogen-bond acceptors (Lipinski definition) is 3. The third-order valence-corrected chi connectivity index (χ3v) is 3.98. The Morgan fingerprint density at radius 3 is 2.94 bits per heavy atom. The molecule has 0 heterocycles. The summed E-state index contributed by atoms with van der Waals surface area (Å²) in [6.45, 7) is 1.65. The highest BCUT2D eigenvalue weighted by Gasteiger charge is 2.13. The van der Waals surface area contributed by atoms with Gasteiger partial charge in [-0.25, -0.2) is 0 Å². The van der Waals surface area contributed by atoms with Crippen LogP contribution >= 0.6 is 27.7 Å². The van der Waals surface area contributed by atoms with Crippen molar-refractivity contribution in [3.05, 3.63) is 28.2 Å². The van der Waals surface area contributed by atoms with Crippen molar-refractivity contribution in [2.45, 2.75) is 11.8 Å². The minimum absolute atomic E-state index is 0.421. The van der Waals surface area contributed by atoms with Gasteiger partial charge in [0.1, 0.15) is 6.07 Å². The first-order chi connectivity index (χ1) is 7.56. The summed E-state index contributed by atoms with van der Waals surface area (Å²) in [5.41, 5.74) is 0.560. The first kappa shape index (κ1) is 13.1.